The third-order valence-corrected chi connectivity index (χ3v) is 10.0. The van der Waals surface area contributed by atoms with Gasteiger partial charge in [-0.05, 0) is 79.8 Å². The summed E-state index contributed by atoms with van der Waals surface area (Å²) in [4.78, 5) is 30.4. The highest BCUT2D eigenvalue weighted by molar-refractivity contribution is 6.00. The molecule has 5 heterocycles. The number of aromatic nitrogens is 5. The molecule has 3 atom stereocenters. The Balaban J connectivity index is 1.24. The van der Waals surface area contributed by atoms with E-state index in [1.54, 1.807) is 20.4 Å². The molecule has 2 aliphatic carbocycles. The number of imidazole rings is 1. The smallest absolute Gasteiger partial charge is 0.254 e. The van der Waals surface area contributed by atoms with Gasteiger partial charge >= 0.3 is 0 Å². The van der Waals surface area contributed by atoms with Gasteiger partial charge in [0.25, 0.3) is 5.91 Å². The number of nitrogens with zero attached hydrogens (tertiary/aromatic N) is 6. The summed E-state index contributed by atoms with van der Waals surface area (Å²) in [5, 5.41) is 1.06. The predicted molar refractivity (Wildman–Crippen MR) is 165 cm³/mol. The van der Waals surface area contributed by atoms with Gasteiger partial charge in [-0.1, -0.05) is 6.92 Å². The van der Waals surface area contributed by atoms with Crippen LogP contribution in [0.5, 0.6) is 11.6 Å². The second kappa shape index (κ2) is 9.82. The number of likely N-dealkylation sites (tertiary alicyclic amines) is 1. The van der Waals surface area contributed by atoms with Crippen molar-refractivity contribution in [2.45, 2.75) is 45.2 Å². The molecule has 9 nitrogen and oxygen atoms in total. The van der Waals surface area contributed by atoms with E-state index in [4.69, 9.17) is 19.4 Å². The van der Waals surface area contributed by atoms with Gasteiger partial charge < -0.3 is 23.5 Å². The summed E-state index contributed by atoms with van der Waals surface area (Å²) in [6.07, 6.45) is 6.51. The fourth-order valence-corrected chi connectivity index (χ4v) is 7.43. The molecule has 2 saturated carbocycles. The molecule has 3 aliphatic rings. The number of carbonyl (C=O) groups excluding carboxylic acids is 1. The first-order valence-corrected chi connectivity index (χ1v) is 15.3. The Bertz CT molecular complexity index is 1900. The lowest BCUT2D eigenvalue weighted by Gasteiger charge is -2.27. The van der Waals surface area contributed by atoms with Gasteiger partial charge in [0.05, 0.1) is 31.1 Å². The van der Waals surface area contributed by atoms with E-state index in [1.807, 2.05) is 37.4 Å². The highest BCUT2D eigenvalue weighted by atomic mass is 16.5. The number of rotatable bonds is 7. The summed E-state index contributed by atoms with van der Waals surface area (Å²) >= 11 is 0. The van der Waals surface area contributed by atoms with Gasteiger partial charge in [0.2, 0.25) is 5.88 Å². The number of hydrogen-bond acceptors (Lipinski definition) is 6. The molecule has 0 spiro atoms. The molecule has 1 saturated heterocycles. The van der Waals surface area contributed by atoms with E-state index in [2.05, 4.69) is 38.1 Å². The summed E-state index contributed by atoms with van der Waals surface area (Å²) in [6, 6.07) is 14.4. The average Bonchev–Trinajstić information content (AvgIpc) is 3.44. The summed E-state index contributed by atoms with van der Waals surface area (Å²) < 4.78 is 15.6. The molecule has 9 heteroatoms. The number of fused-ring (bicyclic) bond motifs is 4. The monoisotopic (exact) mass is 576 g/mol. The van der Waals surface area contributed by atoms with E-state index in [9.17, 15) is 4.79 Å². The van der Waals surface area contributed by atoms with Crippen molar-refractivity contribution < 1.29 is 14.3 Å². The van der Waals surface area contributed by atoms with Gasteiger partial charge in [0.1, 0.15) is 16.9 Å². The van der Waals surface area contributed by atoms with E-state index in [1.165, 1.54) is 19.3 Å². The summed E-state index contributed by atoms with van der Waals surface area (Å²) in [7, 11) is 5.31. The van der Waals surface area contributed by atoms with Crippen molar-refractivity contribution in [3.05, 3.63) is 54.2 Å². The maximum Gasteiger partial charge on any atom is 0.254 e. The maximum absolute atomic E-state index is 13.8. The number of benzene rings is 1. The van der Waals surface area contributed by atoms with Crippen molar-refractivity contribution in [2.24, 2.45) is 24.8 Å². The van der Waals surface area contributed by atoms with Crippen LogP contribution in [0, 0.1) is 17.8 Å². The molecule has 220 valence electrons. The number of piperidine rings is 1. The highest BCUT2D eigenvalue weighted by Crippen LogP contribution is 2.44. The molecule has 0 radical (unpaired) electrons. The van der Waals surface area contributed by atoms with Crippen LogP contribution in [0.15, 0.2) is 48.7 Å². The van der Waals surface area contributed by atoms with Crippen LogP contribution in [0.3, 0.4) is 0 Å². The topological polar surface area (TPSA) is 87.3 Å². The van der Waals surface area contributed by atoms with Crippen LogP contribution in [0.1, 0.15) is 43.0 Å². The van der Waals surface area contributed by atoms with Crippen LogP contribution in [-0.2, 0) is 13.6 Å². The van der Waals surface area contributed by atoms with Gasteiger partial charge in [0, 0.05) is 55.0 Å². The van der Waals surface area contributed by atoms with E-state index in [-0.39, 0.29) is 5.91 Å². The zero-order valence-electron chi connectivity index (χ0n) is 25.1. The Hall–Kier alpha value is -4.40. The fourth-order valence-electron chi connectivity index (χ4n) is 7.43. The molecule has 0 N–H and O–H groups in total. The average molecular weight is 577 g/mol. The molecule has 3 fully saturated rings. The van der Waals surface area contributed by atoms with Crippen LogP contribution < -0.4 is 9.47 Å². The van der Waals surface area contributed by atoms with Crippen molar-refractivity contribution in [3.8, 4) is 34.4 Å². The molecule has 43 heavy (non-hydrogen) atoms. The van der Waals surface area contributed by atoms with Crippen LogP contribution >= 0.6 is 0 Å². The first kappa shape index (κ1) is 26.2. The van der Waals surface area contributed by atoms with Crippen molar-refractivity contribution in [1.82, 2.24) is 29.0 Å². The van der Waals surface area contributed by atoms with Crippen LogP contribution in [-0.4, -0.2) is 61.7 Å². The number of amides is 1. The minimum absolute atomic E-state index is 0.0822. The van der Waals surface area contributed by atoms with Crippen molar-refractivity contribution in [1.29, 1.82) is 0 Å². The number of ether oxygens (including phenoxy) is 2. The van der Waals surface area contributed by atoms with Gasteiger partial charge in [-0.25, -0.2) is 15.0 Å². The van der Waals surface area contributed by atoms with E-state index in [0.717, 1.165) is 64.4 Å². The highest BCUT2D eigenvalue weighted by Gasteiger charge is 2.46. The Kier molecular flexibility index (Phi) is 6.00. The third-order valence-electron chi connectivity index (χ3n) is 10.0. The van der Waals surface area contributed by atoms with Gasteiger partial charge in [0.15, 0.2) is 5.82 Å². The fraction of sp³-hybridized carbons (Fsp3) is 0.412. The summed E-state index contributed by atoms with van der Waals surface area (Å²) in [5.41, 5.74) is 6.06. The summed E-state index contributed by atoms with van der Waals surface area (Å²) in [5.74, 6) is 3.95. The Labute approximate surface area is 250 Å². The maximum atomic E-state index is 13.8. The minimum Gasteiger partial charge on any atom is -0.494 e. The predicted octanol–water partition coefficient (Wildman–Crippen LogP) is 5.95. The second-order valence-corrected chi connectivity index (χ2v) is 12.5. The number of methoxy groups -OCH3 is 2. The normalized spacial score (nSPS) is 21.3. The molecule has 8 rings (SSSR count). The van der Waals surface area contributed by atoms with Gasteiger partial charge in [-0.2, -0.15) is 0 Å². The molecule has 2 bridgehead atoms. The number of carbonyl (C=O) groups is 1. The summed E-state index contributed by atoms with van der Waals surface area (Å²) in [6.45, 7) is 4.02. The minimum atomic E-state index is 0.0822. The van der Waals surface area contributed by atoms with Crippen LogP contribution in [0.25, 0.3) is 44.8 Å². The van der Waals surface area contributed by atoms with Crippen molar-refractivity contribution >= 4 is 28.0 Å². The molecule has 2 unspecified atom stereocenters. The lowest BCUT2D eigenvalue weighted by atomic mass is 10.0. The SMILES string of the molecule is COc1cc(-c2ccc3cc(-c4nc5cc(C(=O)N6CC7CCC6[C@@H]7C)cc(OC)c5n4C)n(CC4CC4)c3n2)ccn1. The molecular weight excluding hydrogens is 540 g/mol. The first-order valence-electron chi connectivity index (χ1n) is 15.3. The number of hydrogen-bond donors (Lipinski definition) is 0. The van der Waals surface area contributed by atoms with Crippen molar-refractivity contribution in [3.63, 3.8) is 0 Å². The van der Waals surface area contributed by atoms with Gasteiger partial charge in [-0.3, -0.25) is 4.79 Å². The Morgan fingerprint density at radius 3 is 2.58 bits per heavy atom. The zero-order chi connectivity index (χ0) is 29.4. The van der Waals surface area contributed by atoms with Gasteiger partial charge in [-0.15, -0.1) is 0 Å². The van der Waals surface area contributed by atoms with E-state index >= 15 is 0 Å². The number of aryl methyl sites for hydroxylation is 1. The molecule has 4 aromatic heterocycles. The molecule has 1 aromatic carbocycles. The first-order chi connectivity index (χ1) is 20.9. The Morgan fingerprint density at radius 1 is 1.00 bits per heavy atom. The third kappa shape index (κ3) is 4.19. The van der Waals surface area contributed by atoms with E-state index < -0.39 is 0 Å². The molecule has 1 aliphatic heterocycles. The standard InChI is InChI=1S/C34H36N6O3/c1-19-23-8-10-27(19)40(18-23)34(41)24-13-26-31(29(15-24)42-3)38(2)33(37-26)28-14-22-7-9-25(21-11-12-35-30(16-21)43-4)36-32(22)39(28)17-20-5-6-20/h7,9,11-16,19-20,23,27H,5-6,8,10,17-18H2,1-4H3/t19-,23?,27?/m1/s1. The van der Waals surface area contributed by atoms with E-state index in [0.29, 0.717) is 41.0 Å². The lowest BCUT2D eigenvalue weighted by molar-refractivity contribution is 0.0696. The van der Waals surface area contributed by atoms with Crippen molar-refractivity contribution in [2.75, 3.05) is 20.8 Å². The van der Waals surface area contributed by atoms with Crippen LogP contribution in [0.2, 0.25) is 0 Å². The lowest BCUT2D eigenvalue weighted by Crippen LogP contribution is -2.38. The quantitative estimate of drug-likeness (QED) is 0.238. The number of pyridine rings is 2. The molecule has 5 aromatic rings. The molecule has 1 amide bonds. The Morgan fingerprint density at radius 2 is 1.86 bits per heavy atom. The second-order valence-electron chi connectivity index (χ2n) is 12.5. The largest absolute Gasteiger partial charge is 0.494 e. The zero-order valence-corrected chi connectivity index (χ0v) is 25.1. The molecular formula is C34H36N6O3. The van der Waals surface area contributed by atoms with Crippen LogP contribution in [0.4, 0.5) is 0 Å².